The van der Waals surface area contributed by atoms with Crippen LogP contribution in [0.1, 0.15) is 38.2 Å². The second-order valence-electron chi connectivity index (χ2n) is 3.62. The maximum Gasteiger partial charge on any atom is 0.119 e. The van der Waals surface area contributed by atoms with E-state index in [9.17, 15) is 0 Å². The molecule has 0 fully saturated rings. The van der Waals surface area contributed by atoms with Crippen molar-refractivity contribution in [1.29, 1.82) is 5.26 Å². The molecule has 0 aromatic heterocycles. The van der Waals surface area contributed by atoms with E-state index in [0.29, 0.717) is 0 Å². The molecule has 0 radical (unpaired) electrons. The summed E-state index contributed by atoms with van der Waals surface area (Å²) in [5.41, 5.74) is 1.04. The van der Waals surface area contributed by atoms with Gasteiger partial charge in [-0.05, 0) is 31.0 Å². The number of nitrogens with zero attached hydrogens (tertiary/aromatic N) is 1. The largest absolute Gasteiger partial charge is 0.494 e. The summed E-state index contributed by atoms with van der Waals surface area (Å²) in [4.78, 5) is 0. The average Bonchev–Trinajstić information content (AvgIpc) is 2.29. The Hall–Kier alpha value is -1.49. The Balaban J connectivity index is 2.53. The zero-order chi connectivity index (χ0) is 11.1. The van der Waals surface area contributed by atoms with Gasteiger partial charge in [0.2, 0.25) is 0 Å². The molecule has 1 rings (SSSR count). The number of unbranched alkanes of at least 4 members (excludes halogenated alkanes) is 1. The van der Waals surface area contributed by atoms with E-state index in [1.165, 1.54) is 0 Å². The van der Waals surface area contributed by atoms with Crippen molar-refractivity contribution in [2.75, 3.05) is 6.61 Å². The van der Waals surface area contributed by atoms with Crippen molar-refractivity contribution in [2.24, 2.45) is 0 Å². The number of rotatable bonds is 5. The number of benzene rings is 1. The van der Waals surface area contributed by atoms with Crippen molar-refractivity contribution in [1.82, 2.24) is 0 Å². The molecule has 0 N–H and O–H groups in total. The Morgan fingerprint density at radius 1 is 1.33 bits per heavy atom. The van der Waals surface area contributed by atoms with E-state index < -0.39 is 0 Å². The normalized spacial score (nSPS) is 11.8. The highest BCUT2D eigenvalue weighted by Gasteiger charge is 2.02. The Bertz CT molecular complexity index is 323. The first-order valence-electron chi connectivity index (χ1n) is 5.40. The molecule has 0 saturated heterocycles. The molecule has 0 heterocycles. The summed E-state index contributed by atoms with van der Waals surface area (Å²) in [5, 5.41) is 8.75. The third-order valence-corrected chi connectivity index (χ3v) is 2.34. The van der Waals surface area contributed by atoms with Gasteiger partial charge in [-0.3, -0.25) is 0 Å². The molecule has 0 aliphatic heterocycles. The summed E-state index contributed by atoms with van der Waals surface area (Å²) in [7, 11) is 0. The van der Waals surface area contributed by atoms with Gasteiger partial charge in [0.25, 0.3) is 0 Å². The summed E-state index contributed by atoms with van der Waals surface area (Å²) in [6.45, 7) is 4.80. The molecule has 0 aliphatic carbocycles. The van der Waals surface area contributed by atoms with Crippen LogP contribution in [0.25, 0.3) is 0 Å². The second-order valence-corrected chi connectivity index (χ2v) is 3.62. The molecular weight excluding hydrogens is 186 g/mol. The first-order chi connectivity index (χ1) is 7.27. The molecule has 1 atom stereocenters. The van der Waals surface area contributed by atoms with Gasteiger partial charge in [-0.1, -0.05) is 25.5 Å². The molecular formula is C13H17NO. The first-order valence-corrected chi connectivity index (χ1v) is 5.40. The van der Waals surface area contributed by atoms with E-state index in [2.05, 4.69) is 13.0 Å². The van der Waals surface area contributed by atoms with Crippen LogP contribution in [0.4, 0.5) is 0 Å². The molecule has 2 heteroatoms. The van der Waals surface area contributed by atoms with Crippen LogP contribution in [0.5, 0.6) is 5.75 Å². The van der Waals surface area contributed by atoms with Crippen molar-refractivity contribution in [3.05, 3.63) is 29.8 Å². The van der Waals surface area contributed by atoms with Gasteiger partial charge in [0, 0.05) is 0 Å². The lowest BCUT2D eigenvalue weighted by Gasteiger charge is -2.07. The average molecular weight is 203 g/mol. The van der Waals surface area contributed by atoms with E-state index in [4.69, 9.17) is 10.00 Å². The lowest BCUT2D eigenvalue weighted by Crippen LogP contribution is -1.96. The molecule has 0 amide bonds. The Morgan fingerprint density at radius 3 is 2.53 bits per heavy atom. The fourth-order valence-electron chi connectivity index (χ4n) is 1.26. The molecule has 1 aromatic carbocycles. The fraction of sp³-hybridized carbons (Fsp3) is 0.462. The molecule has 1 unspecified atom stereocenters. The van der Waals surface area contributed by atoms with Crippen molar-refractivity contribution >= 4 is 0 Å². The minimum atomic E-state index is -0.0466. The predicted molar refractivity (Wildman–Crippen MR) is 60.9 cm³/mol. The summed E-state index contributed by atoms with van der Waals surface area (Å²) in [6.07, 6.45) is 2.22. The van der Waals surface area contributed by atoms with E-state index in [1.807, 2.05) is 31.2 Å². The highest BCUT2D eigenvalue weighted by Crippen LogP contribution is 2.18. The summed E-state index contributed by atoms with van der Waals surface area (Å²) in [6, 6.07) is 9.98. The number of nitriles is 1. The predicted octanol–water partition coefficient (Wildman–Crippen LogP) is 3.49. The van der Waals surface area contributed by atoms with Crippen LogP contribution < -0.4 is 4.74 Å². The van der Waals surface area contributed by atoms with Crippen molar-refractivity contribution < 1.29 is 4.74 Å². The van der Waals surface area contributed by atoms with Gasteiger partial charge >= 0.3 is 0 Å². The molecule has 0 saturated carbocycles. The SMILES string of the molecule is CCCCOc1ccc(C(C)C#N)cc1. The van der Waals surface area contributed by atoms with Crippen LogP contribution in [-0.4, -0.2) is 6.61 Å². The molecule has 0 spiro atoms. The first kappa shape index (κ1) is 11.6. The van der Waals surface area contributed by atoms with Crippen LogP contribution >= 0.6 is 0 Å². The van der Waals surface area contributed by atoms with Gasteiger partial charge in [0.1, 0.15) is 5.75 Å². The zero-order valence-corrected chi connectivity index (χ0v) is 9.36. The van der Waals surface area contributed by atoms with E-state index in [0.717, 1.165) is 30.8 Å². The van der Waals surface area contributed by atoms with Crippen molar-refractivity contribution in [3.63, 3.8) is 0 Å². The van der Waals surface area contributed by atoms with Crippen molar-refractivity contribution in [3.8, 4) is 11.8 Å². The number of ether oxygens (including phenoxy) is 1. The molecule has 15 heavy (non-hydrogen) atoms. The van der Waals surface area contributed by atoms with Crippen LogP contribution in [0.15, 0.2) is 24.3 Å². The van der Waals surface area contributed by atoms with Gasteiger partial charge in [-0.15, -0.1) is 0 Å². The summed E-state index contributed by atoms with van der Waals surface area (Å²) in [5.74, 6) is 0.840. The van der Waals surface area contributed by atoms with Gasteiger partial charge in [-0.2, -0.15) is 5.26 Å². The zero-order valence-electron chi connectivity index (χ0n) is 9.36. The minimum Gasteiger partial charge on any atom is -0.494 e. The maximum atomic E-state index is 8.75. The minimum absolute atomic E-state index is 0.0466. The standard InChI is InChI=1S/C13H17NO/c1-3-4-9-15-13-7-5-12(6-8-13)11(2)10-14/h5-8,11H,3-4,9H2,1-2H3. The van der Waals surface area contributed by atoms with Crippen LogP contribution in [0, 0.1) is 11.3 Å². The number of hydrogen-bond acceptors (Lipinski definition) is 2. The maximum absolute atomic E-state index is 8.75. The monoisotopic (exact) mass is 203 g/mol. The Morgan fingerprint density at radius 2 is 2.00 bits per heavy atom. The smallest absolute Gasteiger partial charge is 0.119 e. The van der Waals surface area contributed by atoms with Crippen molar-refractivity contribution in [2.45, 2.75) is 32.6 Å². The van der Waals surface area contributed by atoms with Gasteiger partial charge in [0.15, 0.2) is 0 Å². The summed E-state index contributed by atoms with van der Waals surface area (Å²) < 4.78 is 5.53. The summed E-state index contributed by atoms with van der Waals surface area (Å²) >= 11 is 0. The van der Waals surface area contributed by atoms with Crippen LogP contribution in [0.2, 0.25) is 0 Å². The van der Waals surface area contributed by atoms with Gasteiger partial charge in [-0.25, -0.2) is 0 Å². The van der Waals surface area contributed by atoms with Gasteiger partial charge < -0.3 is 4.74 Å². The lowest BCUT2D eigenvalue weighted by atomic mass is 10.0. The molecule has 0 bridgehead atoms. The third-order valence-electron chi connectivity index (χ3n) is 2.34. The number of hydrogen-bond donors (Lipinski definition) is 0. The highest BCUT2D eigenvalue weighted by atomic mass is 16.5. The second kappa shape index (κ2) is 6.08. The third kappa shape index (κ3) is 3.63. The lowest BCUT2D eigenvalue weighted by molar-refractivity contribution is 0.309. The van der Waals surface area contributed by atoms with Gasteiger partial charge in [0.05, 0.1) is 18.6 Å². The Labute approximate surface area is 91.5 Å². The topological polar surface area (TPSA) is 33.0 Å². The fourth-order valence-corrected chi connectivity index (χ4v) is 1.26. The van der Waals surface area contributed by atoms with Crippen LogP contribution in [-0.2, 0) is 0 Å². The van der Waals surface area contributed by atoms with E-state index in [1.54, 1.807) is 0 Å². The molecule has 0 aliphatic rings. The molecule has 1 aromatic rings. The quantitative estimate of drug-likeness (QED) is 0.686. The van der Waals surface area contributed by atoms with Crippen LogP contribution in [0.3, 0.4) is 0 Å². The van der Waals surface area contributed by atoms with E-state index in [-0.39, 0.29) is 5.92 Å². The van der Waals surface area contributed by atoms with E-state index >= 15 is 0 Å². The molecule has 80 valence electrons. The Kier molecular flexibility index (Phi) is 4.70. The highest BCUT2D eigenvalue weighted by molar-refractivity contribution is 5.31. The molecule has 2 nitrogen and oxygen atoms in total.